The number of hydrogen-bond acceptors (Lipinski definition) is 6. The van der Waals surface area contributed by atoms with Crippen LogP contribution in [-0.2, 0) is 14.8 Å². The van der Waals surface area contributed by atoms with E-state index in [-0.39, 0.29) is 17.3 Å². The van der Waals surface area contributed by atoms with E-state index in [9.17, 15) is 13.2 Å². The number of aromatic amines is 1. The molecular weight excluding hydrogens is 370 g/mol. The van der Waals surface area contributed by atoms with Crippen LogP contribution < -0.4 is 9.04 Å². The normalized spacial score (nSPS) is 11.4. The number of rotatable bonds is 6. The second-order valence-corrected chi connectivity index (χ2v) is 7.57. The molecule has 0 saturated heterocycles. The van der Waals surface area contributed by atoms with E-state index >= 15 is 0 Å². The number of H-pyrrole nitrogens is 1. The molecule has 0 saturated carbocycles. The van der Waals surface area contributed by atoms with Crippen molar-refractivity contribution in [1.82, 2.24) is 9.97 Å². The number of methoxy groups -OCH3 is 1. The molecule has 3 aromatic rings. The molecule has 0 bridgehead atoms. The van der Waals surface area contributed by atoms with Gasteiger partial charge in [0.15, 0.2) is 5.03 Å². The highest BCUT2D eigenvalue weighted by Crippen LogP contribution is 2.34. The van der Waals surface area contributed by atoms with E-state index in [1.807, 2.05) is 0 Å². The lowest BCUT2D eigenvalue weighted by Gasteiger charge is -2.20. The van der Waals surface area contributed by atoms with E-state index in [2.05, 4.69) is 9.97 Å². The van der Waals surface area contributed by atoms with Crippen molar-refractivity contribution < 1.29 is 22.7 Å². The van der Waals surface area contributed by atoms with Crippen LogP contribution in [0.1, 0.15) is 17.4 Å². The number of carbonyl (C=O) groups excluding carboxylic acids is 1. The summed E-state index contributed by atoms with van der Waals surface area (Å²) < 4.78 is 37.3. The molecule has 0 atom stereocenters. The van der Waals surface area contributed by atoms with E-state index in [1.165, 1.54) is 26.4 Å². The summed E-state index contributed by atoms with van der Waals surface area (Å²) in [6.45, 7) is 1.94. The third-order valence-electron chi connectivity index (χ3n) is 4.01. The summed E-state index contributed by atoms with van der Waals surface area (Å²) in [5.74, 6) is -0.0659. The summed E-state index contributed by atoms with van der Waals surface area (Å²) in [5, 5.41) is 0.538. The molecule has 0 spiro atoms. The van der Waals surface area contributed by atoms with E-state index in [1.54, 1.807) is 37.3 Å². The van der Waals surface area contributed by atoms with E-state index in [0.29, 0.717) is 22.3 Å². The van der Waals surface area contributed by atoms with Crippen LogP contribution in [0.5, 0.6) is 5.75 Å². The number of sulfonamides is 1. The molecule has 2 aromatic heterocycles. The summed E-state index contributed by atoms with van der Waals surface area (Å²) in [6.07, 6.45) is 1.41. The minimum Gasteiger partial charge on any atom is -0.497 e. The molecule has 3 rings (SSSR count). The molecule has 1 aromatic carbocycles. The molecule has 27 heavy (non-hydrogen) atoms. The molecule has 0 fully saturated rings. The molecule has 0 amide bonds. The van der Waals surface area contributed by atoms with Gasteiger partial charge < -0.3 is 14.5 Å². The predicted molar refractivity (Wildman–Crippen MR) is 101 cm³/mol. The highest BCUT2D eigenvalue weighted by atomic mass is 32.2. The van der Waals surface area contributed by atoms with Gasteiger partial charge in [-0.15, -0.1) is 0 Å². The first-order valence-electron chi connectivity index (χ1n) is 8.16. The van der Waals surface area contributed by atoms with Crippen LogP contribution in [0.4, 0.5) is 5.69 Å². The Hall–Kier alpha value is -3.07. The van der Waals surface area contributed by atoms with Crippen LogP contribution in [0.2, 0.25) is 0 Å². The fourth-order valence-corrected chi connectivity index (χ4v) is 3.78. The zero-order valence-electron chi connectivity index (χ0n) is 15.1. The lowest BCUT2D eigenvalue weighted by Crippen LogP contribution is -2.27. The van der Waals surface area contributed by atoms with Gasteiger partial charge in [0.05, 0.1) is 24.9 Å². The van der Waals surface area contributed by atoms with Crippen molar-refractivity contribution >= 4 is 32.6 Å². The molecular formula is C18H19N3O5S. The largest absolute Gasteiger partial charge is 0.497 e. The Bertz CT molecular complexity index is 1080. The number of ether oxygens (including phenoxy) is 2. The minimum atomic E-state index is -3.90. The third kappa shape index (κ3) is 3.45. The third-order valence-corrected chi connectivity index (χ3v) is 5.70. The quantitative estimate of drug-likeness (QED) is 0.650. The van der Waals surface area contributed by atoms with Gasteiger partial charge in [-0.2, -0.15) is 8.42 Å². The monoisotopic (exact) mass is 389 g/mol. The van der Waals surface area contributed by atoms with Gasteiger partial charge in [-0.1, -0.05) is 6.07 Å². The smallest absolute Gasteiger partial charge is 0.354 e. The SMILES string of the molecule is CCOC(=O)c1cc2cc(OC)cc(N(C)S(=O)(=O)c3ccccn3)c2[nH]1. The molecule has 8 nitrogen and oxygen atoms in total. The highest BCUT2D eigenvalue weighted by Gasteiger charge is 2.26. The topological polar surface area (TPSA) is 102 Å². The fourth-order valence-electron chi connectivity index (χ4n) is 2.65. The van der Waals surface area contributed by atoms with Crippen molar-refractivity contribution in [3.63, 3.8) is 0 Å². The van der Waals surface area contributed by atoms with Crippen LogP contribution in [0, 0.1) is 0 Å². The average molecular weight is 389 g/mol. The van der Waals surface area contributed by atoms with Crippen LogP contribution in [0.15, 0.2) is 47.6 Å². The van der Waals surface area contributed by atoms with Crippen molar-refractivity contribution in [2.24, 2.45) is 0 Å². The first-order valence-corrected chi connectivity index (χ1v) is 9.60. The lowest BCUT2D eigenvalue weighted by atomic mass is 10.2. The minimum absolute atomic E-state index is 0.0827. The van der Waals surface area contributed by atoms with E-state index < -0.39 is 16.0 Å². The van der Waals surface area contributed by atoms with E-state index in [4.69, 9.17) is 9.47 Å². The maximum atomic E-state index is 12.9. The number of pyridine rings is 1. The molecule has 0 unspecified atom stereocenters. The summed E-state index contributed by atoms with van der Waals surface area (Å²) >= 11 is 0. The first-order chi connectivity index (χ1) is 12.9. The number of fused-ring (bicyclic) bond motifs is 1. The molecule has 2 heterocycles. The molecule has 0 aliphatic carbocycles. The standard InChI is InChI=1S/C18H19N3O5S/c1-4-26-18(22)14-10-12-9-13(25-3)11-15(17(12)20-14)21(2)27(23,24)16-7-5-6-8-19-16/h5-11,20H,4H2,1-3H3. The molecule has 0 radical (unpaired) electrons. The molecule has 1 N–H and O–H groups in total. The Morgan fingerprint density at radius 3 is 2.67 bits per heavy atom. The highest BCUT2D eigenvalue weighted by molar-refractivity contribution is 7.92. The molecule has 142 valence electrons. The van der Waals surface area contributed by atoms with Crippen LogP contribution in [-0.4, -0.2) is 45.1 Å². The number of hydrogen-bond donors (Lipinski definition) is 1. The van der Waals surface area contributed by atoms with E-state index in [0.717, 1.165) is 4.31 Å². The van der Waals surface area contributed by atoms with Gasteiger partial charge in [0.1, 0.15) is 11.4 Å². The number of aromatic nitrogens is 2. The number of benzene rings is 1. The lowest BCUT2D eigenvalue weighted by molar-refractivity contribution is 0.0520. The van der Waals surface area contributed by atoms with Gasteiger partial charge in [0.25, 0.3) is 10.0 Å². The van der Waals surface area contributed by atoms with Crippen molar-refractivity contribution in [1.29, 1.82) is 0 Å². The van der Waals surface area contributed by atoms with Crippen LogP contribution >= 0.6 is 0 Å². The number of carbonyl (C=O) groups is 1. The number of nitrogens with one attached hydrogen (secondary N) is 1. The maximum absolute atomic E-state index is 12.9. The zero-order valence-corrected chi connectivity index (χ0v) is 15.9. The van der Waals surface area contributed by atoms with Crippen molar-refractivity contribution in [2.45, 2.75) is 11.9 Å². The first kappa shape index (κ1) is 18.7. The maximum Gasteiger partial charge on any atom is 0.354 e. The van der Waals surface area contributed by atoms with Gasteiger partial charge in [0, 0.05) is 24.7 Å². The summed E-state index contributed by atoms with van der Waals surface area (Å²) in [7, 11) is -0.996. The zero-order chi connectivity index (χ0) is 19.6. The Morgan fingerprint density at radius 2 is 2.04 bits per heavy atom. The van der Waals surface area contributed by atoms with Crippen molar-refractivity contribution in [3.05, 3.63) is 48.3 Å². The fraction of sp³-hybridized carbons (Fsp3) is 0.222. The molecule has 9 heteroatoms. The number of esters is 1. The van der Waals surface area contributed by atoms with Gasteiger partial charge in [0.2, 0.25) is 0 Å². The number of nitrogens with zero attached hydrogens (tertiary/aromatic N) is 2. The van der Waals surface area contributed by atoms with Crippen LogP contribution in [0.25, 0.3) is 10.9 Å². The van der Waals surface area contributed by atoms with Crippen molar-refractivity contribution in [3.8, 4) is 5.75 Å². The molecule has 0 aliphatic rings. The van der Waals surface area contributed by atoms with Gasteiger partial charge in [-0.25, -0.2) is 9.78 Å². The van der Waals surface area contributed by atoms with Crippen LogP contribution in [0.3, 0.4) is 0 Å². The van der Waals surface area contributed by atoms with Gasteiger partial charge >= 0.3 is 5.97 Å². The summed E-state index contributed by atoms with van der Waals surface area (Å²) in [5.41, 5.74) is 1.02. The predicted octanol–water partition coefficient (Wildman–Crippen LogP) is 2.57. The molecule has 0 aliphatic heterocycles. The Morgan fingerprint density at radius 1 is 1.26 bits per heavy atom. The Balaban J connectivity index is 2.16. The summed E-state index contributed by atoms with van der Waals surface area (Å²) in [4.78, 5) is 18.9. The second-order valence-electron chi connectivity index (χ2n) is 5.65. The summed E-state index contributed by atoms with van der Waals surface area (Å²) in [6, 6.07) is 9.54. The van der Waals surface area contributed by atoms with Gasteiger partial charge in [-0.3, -0.25) is 4.31 Å². The van der Waals surface area contributed by atoms with Crippen molar-refractivity contribution in [2.75, 3.05) is 25.1 Å². The average Bonchev–Trinajstić information content (AvgIpc) is 3.11. The number of anilines is 1. The second kappa shape index (κ2) is 7.28. The Labute approximate surface area is 156 Å². The Kier molecular flexibility index (Phi) is 5.04. The van der Waals surface area contributed by atoms with Gasteiger partial charge in [-0.05, 0) is 31.2 Å².